The topological polar surface area (TPSA) is 92.8 Å². The van der Waals surface area contributed by atoms with Crippen molar-refractivity contribution in [2.45, 2.75) is 25.8 Å². The number of hydrogen-bond acceptors (Lipinski definition) is 7. The van der Waals surface area contributed by atoms with Crippen molar-refractivity contribution < 1.29 is 19.1 Å². The number of rotatable bonds is 8. The van der Waals surface area contributed by atoms with Gasteiger partial charge in [0.05, 0.1) is 6.20 Å². The molecule has 0 bridgehead atoms. The van der Waals surface area contributed by atoms with Crippen LogP contribution in [-0.2, 0) is 11.3 Å². The number of benzene rings is 1. The molecular weight excluding hydrogens is 380 g/mol. The summed E-state index contributed by atoms with van der Waals surface area (Å²) in [5.41, 5.74) is 1.04. The van der Waals surface area contributed by atoms with Crippen molar-refractivity contribution in [3.8, 4) is 11.5 Å². The Morgan fingerprint density at radius 1 is 1.29 bits per heavy atom. The Labute approximate surface area is 166 Å². The van der Waals surface area contributed by atoms with Crippen LogP contribution in [0.5, 0.6) is 11.5 Å². The molecule has 28 heavy (non-hydrogen) atoms. The third-order valence-electron chi connectivity index (χ3n) is 4.67. The SMILES string of the molecule is O=C(NCCCN1CCCC1=O)c1cnc(NCc2ccc3c(c2)OCO3)s1. The van der Waals surface area contributed by atoms with E-state index in [0.717, 1.165) is 36.4 Å². The van der Waals surface area contributed by atoms with Crippen LogP contribution < -0.4 is 20.1 Å². The molecule has 0 radical (unpaired) electrons. The van der Waals surface area contributed by atoms with Crippen LogP contribution in [0, 0.1) is 0 Å². The van der Waals surface area contributed by atoms with E-state index in [0.29, 0.717) is 36.1 Å². The minimum atomic E-state index is -0.138. The lowest BCUT2D eigenvalue weighted by atomic mass is 10.2. The molecule has 0 atom stereocenters. The molecule has 1 aromatic heterocycles. The molecule has 2 aliphatic rings. The van der Waals surface area contributed by atoms with Gasteiger partial charge in [-0.3, -0.25) is 9.59 Å². The number of likely N-dealkylation sites (tertiary alicyclic amines) is 1. The Morgan fingerprint density at radius 3 is 3.04 bits per heavy atom. The molecule has 2 N–H and O–H groups in total. The number of nitrogens with zero attached hydrogens (tertiary/aromatic N) is 2. The van der Waals surface area contributed by atoms with Gasteiger partial charge in [-0.1, -0.05) is 17.4 Å². The third kappa shape index (κ3) is 4.36. The first kappa shape index (κ1) is 18.5. The fourth-order valence-corrected chi connectivity index (χ4v) is 3.92. The molecular formula is C19H22N4O4S. The molecule has 0 aliphatic carbocycles. The summed E-state index contributed by atoms with van der Waals surface area (Å²) in [7, 11) is 0. The molecule has 1 fully saturated rings. The largest absolute Gasteiger partial charge is 0.454 e. The molecule has 0 spiro atoms. The van der Waals surface area contributed by atoms with E-state index in [4.69, 9.17) is 9.47 Å². The third-order valence-corrected chi connectivity index (χ3v) is 5.63. The van der Waals surface area contributed by atoms with E-state index < -0.39 is 0 Å². The number of carbonyl (C=O) groups excluding carboxylic acids is 2. The van der Waals surface area contributed by atoms with Crippen molar-refractivity contribution in [2.75, 3.05) is 31.7 Å². The van der Waals surface area contributed by atoms with Gasteiger partial charge in [0.15, 0.2) is 16.6 Å². The second-order valence-electron chi connectivity index (χ2n) is 6.66. The van der Waals surface area contributed by atoms with Crippen molar-refractivity contribution in [1.29, 1.82) is 0 Å². The lowest BCUT2D eigenvalue weighted by Crippen LogP contribution is -2.30. The van der Waals surface area contributed by atoms with Crippen LogP contribution in [-0.4, -0.2) is 48.1 Å². The summed E-state index contributed by atoms with van der Waals surface area (Å²) >= 11 is 1.31. The molecule has 2 amide bonds. The normalized spacial score (nSPS) is 15.1. The number of hydrogen-bond donors (Lipinski definition) is 2. The predicted molar refractivity (Wildman–Crippen MR) is 105 cm³/mol. The Bertz CT molecular complexity index is 869. The van der Waals surface area contributed by atoms with Crippen LogP contribution >= 0.6 is 11.3 Å². The lowest BCUT2D eigenvalue weighted by molar-refractivity contribution is -0.127. The van der Waals surface area contributed by atoms with Crippen LogP contribution in [0.25, 0.3) is 0 Å². The highest BCUT2D eigenvalue weighted by atomic mass is 32.1. The molecule has 2 aliphatic heterocycles. The van der Waals surface area contributed by atoms with Gasteiger partial charge in [-0.15, -0.1) is 0 Å². The highest BCUT2D eigenvalue weighted by molar-refractivity contribution is 7.17. The van der Waals surface area contributed by atoms with E-state index in [1.54, 1.807) is 6.20 Å². The summed E-state index contributed by atoms with van der Waals surface area (Å²) in [4.78, 5) is 30.5. The van der Waals surface area contributed by atoms with E-state index in [1.165, 1.54) is 11.3 Å². The molecule has 8 nitrogen and oxygen atoms in total. The van der Waals surface area contributed by atoms with E-state index in [9.17, 15) is 9.59 Å². The first-order valence-corrected chi connectivity index (χ1v) is 10.1. The average Bonchev–Trinajstić information content (AvgIpc) is 3.44. The van der Waals surface area contributed by atoms with Crippen LogP contribution in [0.4, 0.5) is 5.13 Å². The van der Waals surface area contributed by atoms with Crippen LogP contribution in [0.3, 0.4) is 0 Å². The van der Waals surface area contributed by atoms with Crippen LogP contribution in [0.2, 0.25) is 0 Å². The van der Waals surface area contributed by atoms with Gasteiger partial charge in [0, 0.05) is 32.6 Å². The van der Waals surface area contributed by atoms with Gasteiger partial charge in [0.2, 0.25) is 12.7 Å². The van der Waals surface area contributed by atoms with Crippen LogP contribution in [0.15, 0.2) is 24.4 Å². The molecule has 2 aromatic rings. The maximum atomic E-state index is 12.2. The monoisotopic (exact) mass is 402 g/mol. The quantitative estimate of drug-likeness (QED) is 0.658. The van der Waals surface area contributed by atoms with E-state index in [1.807, 2.05) is 23.1 Å². The fraction of sp³-hybridized carbons (Fsp3) is 0.421. The maximum Gasteiger partial charge on any atom is 0.263 e. The van der Waals surface area contributed by atoms with Gasteiger partial charge in [0.25, 0.3) is 5.91 Å². The molecule has 0 unspecified atom stereocenters. The minimum Gasteiger partial charge on any atom is -0.454 e. The molecule has 1 aromatic carbocycles. The highest BCUT2D eigenvalue weighted by Gasteiger charge is 2.19. The van der Waals surface area contributed by atoms with E-state index >= 15 is 0 Å². The number of aromatic nitrogens is 1. The van der Waals surface area contributed by atoms with Crippen molar-refractivity contribution >= 4 is 28.3 Å². The first-order valence-electron chi connectivity index (χ1n) is 9.33. The van der Waals surface area contributed by atoms with Crippen molar-refractivity contribution in [1.82, 2.24) is 15.2 Å². The van der Waals surface area contributed by atoms with Gasteiger partial charge in [-0.05, 0) is 30.5 Å². The Hall–Kier alpha value is -2.81. The molecule has 9 heteroatoms. The van der Waals surface area contributed by atoms with E-state index in [-0.39, 0.29) is 18.6 Å². The van der Waals surface area contributed by atoms with Gasteiger partial charge in [0.1, 0.15) is 4.88 Å². The summed E-state index contributed by atoms with van der Waals surface area (Å²) in [6.07, 6.45) is 3.92. The number of thiazole rings is 1. The Balaban J connectivity index is 1.21. The molecule has 1 saturated heterocycles. The number of ether oxygens (including phenoxy) is 2. The average molecular weight is 402 g/mol. The maximum absolute atomic E-state index is 12.2. The summed E-state index contributed by atoms with van der Waals surface area (Å²) in [6.45, 7) is 2.91. The zero-order valence-electron chi connectivity index (χ0n) is 15.4. The summed E-state index contributed by atoms with van der Waals surface area (Å²) in [5, 5.41) is 6.80. The zero-order chi connectivity index (χ0) is 19.3. The van der Waals surface area contributed by atoms with Gasteiger partial charge in [-0.2, -0.15) is 0 Å². The molecule has 0 saturated carbocycles. The molecule has 4 rings (SSSR count). The second-order valence-corrected chi connectivity index (χ2v) is 7.70. The summed E-state index contributed by atoms with van der Waals surface area (Å²) in [5.74, 6) is 1.58. The summed E-state index contributed by atoms with van der Waals surface area (Å²) in [6, 6.07) is 5.78. The highest BCUT2D eigenvalue weighted by Crippen LogP contribution is 2.32. The zero-order valence-corrected chi connectivity index (χ0v) is 16.2. The fourth-order valence-electron chi connectivity index (χ4n) is 3.19. The smallest absolute Gasteiger partial charge is 0.263 e. The molecule has 3 heterocycles. The minimum absolute atomic E-state index is 0.138. The predicted octanol–water partition coefficient (Wildman–Crippen LogP) is 2.23. The summed E-state index contributed by atoms with van der Waals surface area (Å²) < 4.78 is 10.7. The van der Waals surface area contributed by atoms with Crippen molar-refractivity contribution in [3.63, 3.8) is 0 Å². The Morgan fingerprint density at radius 2 is 2.18 bits per heavy atom. The Kier molecular flexibility index (Phi) is 5.61. The van der Waals surface area contributed by atoms with Gasteiger partial charge in [-0.25, -0.2) is 4.98 Å². The molecule has 148 valence electrons. The van der Waals surface area contributed by atoms with E-state index in [2.05, 4.69) is 15.6 Å². The number of amides is 2. The van der Waals surface area contributed by atoms with Crippen LogP contribution in [0.1, 0.15) is 34.5 Å². The second kappa shape index (κ2) is 8.47. The number of anilines is 1. The number of carbonyl (C=O) groups is 2. The van der Waals surface area contributed by atoms with Crippen molar-refractivity contribution in [2.24, 2.45) is 0 Å². The standard InChI is InChI=1S/C19H22N4O4S/c24-17-3-1-7-23(17)8-2-6-20-18(25)16-11-22-19(28-16)21-10-13-4-5-14-15(9-13)27-12-26-14/h4-5,9,11H,1-3,6-8,10,12H2,(H,20,25)(H,21,22). The number of nitrogens with one attached hydrogen (secondary N) is 2. The lowest BCUT2D eigenvalue weighted by Gasteiger charge is -2.15. The first-order chi connectivity index (χ1) is 13.7. The van der Waals surface area contributed by atoms with Gasteiger partial charge >= 0.3 is 0 Å². The van der Waals surface area contributed by atoms with Crippen molar-refractivity contribution in [3.05, 3.63) is 34.8 Å². The van der Waals surface area contributed by atoms with Gasteiger partial charge < -0.3 is 25.0 Å². The number of fused-ring (bicyclic) bond motifs is 1.